The molecule has 0 saturated carbocycles. The Morgan fingerprint density at radius 3 is 2.45 bits per heavy atom. The molecule has 0 aliphatic heterocycles. The van der Waals surface area contributed by atoms with Crippen LogP contribution in [-0.2, 0) is 11.3 Å². The predicted molar refractivity (Wildman–Crippen MR) is 86.3 cm³/mol. The van der Waals surface area contributed by atoms with Crippen LogP contribution in [0.4, 0.5) is 11.4 Å². The van der Waals surface area contributed by atoms with Gasteiger partial charge in [-0.15, -0.1) is 11.8 Å². The summed E-state index contributed by atoms with van der Waals surface area (Å²) >= 11 is 1.73. The first-order valence-electron chi connectivity index (χ1n) is 6.42. The van der Waals surface area contributed by atoms with Crippen LogP contribution in [-0.4, -0.2) is 12.2 Å². The number of carbonyl (C=O) groups excluding carboxylic acids is 1. The Balaban J connectivity index is 1.98. The molecule has 2 rings (SSSR count). The Kier molecular flexibility index (Phi) is 5.07. The van der Waals surface area contributed by atoms with Crippen LogP contribution in [0.15, 0.2) is 53.4 Å². The maximum absolute atomic E-state index is 11.0. The van der Waals surface area contributed by atoms with Crippen LogP contribution < -0.4 is 10.6 Å². The smallest absolute Gasteiger partial charge is 0.221 e. The fourth-order valence-corrected chi connectivity index (χ4v) is 2.47. The van der Waals surface area contributed by atoms with Crippen molar-refractivity contribution in [3.63, 3.8) is 0 Å². The van der Waals surface area contributed by atoms with Gasteiger partial charge in [0.05, 0.1) is 0 Å². The zero-order valence-corrected chi connectivity index (χ0v) is 12.5. The second kappa shape index (κ2) is 7.01. The first-order valence-corrected chi connectivity index (χ1v) is 7.65. The average Bonchev–Trinajstić information content (AvgIpc) is 2.46. The van der Waals surface area contributed by atoms with Crippen molar-refractivity contribution < 1.29 is 4.79 Å². The maximum Gasteiger partial charge on any atom is 0.221 e. The first kappa shape index (κ1) is 14.5. The van der Waals surface area contributed by atoms with E-state index in [0.29, 0.717) is 0 Å². The number of thioether (sulfide) groups is 1. The highest BCUT2D eigenvalue weighted by molar-refractivity contribution is 7.98. The van der Waals surface area contributed by atoms with Crippen LogP contribution in [0.5, 0.6) is 0 Å². The minimum absolute atomic E-state index is 0.0511. The molecule has 0 aromatic heterocycles. The molecule has 0 atom stereocenters. The van der Waals surface area contributed by atoms with Gasteiger partial charge in [-0.3, -0.25) is 4.79 Å². The van der Waals surface area contributed by atoms with Crippen molar-refractivity contribution in [1.82, 2.24) is 0 Å². The molecule has 2 aromatic rings. The van der Waals surface area contributed by atoms with E-state index >= 15 is 0 Å². The van der Waals surface area contributed by atoms with E-state index in [9.17, 15) is 4.79 Å². The highest BCUT2D eigenvalue weighted by Gasteiger charge is 2.00. The van der Waals surface area contributed by atoms with Crippen LogP contribution >= 0.6 is 11.8 Å². The maximum atomic E-state index is 11.0. The first-order chi connectivity index (χ1) is 9.69. The van der Waals surface area contributed by atoms with E-state index in [1.807, 2.05) is 36.4 Å². The van der Waals surface area contributed by atoms with E-state index in [1.165, 1.54) is 17.4 Å². The standard InChI is InChI=1S/C16H18N2OS/c1-12(19)18-14-9-7-13(8-10-14)11-17-15-5-3-4-6-16(15)20-2/h3-10,17H,11H2,1-2H3,(H,18,19). The van der Waals surface area contributed by atoms with Crippen molar-refractivity contribution >= 4 is 29.0 Å². The van der Waals surface area contributed by atoms with Crippen molar-refractivity contribution in [2.24, 2.45) is 0 Å². The largest absolute Gasteiger partial charge is 0.380 e. The summed E-state index contributed by atoms with van der Waals surface area (Å²) in [5.41, 5.74) is 3.15. The fraction of sp³-hybridized carbons (Fsp3) is 0.188. The molecule has 0 heterocycles. The SMILES string of the molecule is CSc1ccccc1NCc1ccc(NC(C)=O)cc1. The molecule has 1 amide bonds. The van der Waals surface area contributed by atoms with Gasteiger partial charge in [0.1, 0.15) is 0 Å². The summed E-state index contributed by atoms with van der Waals surface area (Å²) < 4.78 is 0. The molecule has 0 aliphatic rings. The summed E-state index contributed by atoms with van der Waals surface area (Å²) in [6.45, 7) is 2.27. The van der Waals surface area contributed by atoms with Crippen LogP contribution in [0, 0.1) is 0 Å². The highest BCUT2D eigenvalue weighted by atomic mass is 32.2. The molecule has 0 radical (unpaired) electrons. The lowest BCUT2D eigenvalue weighted by atomic mass is 10.2. The van der Waals surface area contributed by atoms with Gasteiger partial charge in [0.25, 0.3) is 0 Å². The van der Waals surface area contributed by atoms with Crippen molar-refractivity contribution in [3.05, 3.63) is 54.1 Å². The topological polar surface area (TPSA) is 41.1 Å². The van der Waals surface area contributed by atoms with Crippen molar-refractivity contribution in [2.75, 3.05) is 16.9 Å². The number of benzene rings is 2. The minimum atomic E-state index is -0.0511. The van der Waals surface area contributed by atoms with Crippen LogP contribution in [0.1, 0.15) is 12.5 Å². The highest BCUT2D eigenvalue weighted by Crippen LogP contribution is 2.25. The molecule has 2 aromatic carbocycles. The molecular formula is C16H18N2OS. The number of nitrogens with one attached hydrogen (secondary N) is 2. The van der Waals surface area contributed by atoms with Gasteiger partial charge in [0.15, 0.2) is 0 Å². The molecule has 0 spiro atoms. The van der Waals surface area contributed by atoms with Gasteiger partial charge in [-0.25, -0.2) is 0 Å². The Morgan fingerprint density at radius 1 is 1.10 bits per heavy atom. The lowest BCUT2D eigenvalue weighted by molar-refractivity contribution is -0.114. The number of anilines is 2. The summed E-state index contributed by atoms with van der Waals surface area (Å²) in [7, 11) is 0. The van der Waals surface area contributed by atoms with Gasteiger partial charge in [0, 0.05) is 29.7 Å². The lowest BCUT2D eigenvalue weighted by Gasteiger charge is -2.11. The van der Waals surface area contributed by atoms with E-state index in [1.54, 1.807) is 11.8 Å². The number of para-hydroxylation sites is 1. The van der Waals surface area contributed by atoms with Gasteiger partial charge in [0.2, 0.25) is 5.91 Å². The molecule has 0 unspecified atom stereocenters. The summed E-state index contributed by atoms with van der Waals surface area (Å²) in [4.78, 5) is 12.2. The molecular weight excluding hydrogens is 268 g/mol. The monoisotopic (exact) mass is 286 g/mol. The van der Waals surface area contributed by atoms with Crippen molar-refractivity contribution in [3.8, 4) is 0 Å². The number of hydrogen-bond acceptors (Lipinski definition) is 3. The van der Waals surface area contributed by atoms with Gasteiger partial charge in [-0.2, -0.15) is 0 Å². The fourth-order valence-electron chi connectivity index (χ4n) is 1.90. The van der Waals surface area contributed by atoms with E-state index in [2.05, 4.69) is 29.0 Å². The molecule has 20 heavy (non-hydrogen) atoms. The van der Waals surface area contributed by atoms with Crippen molar-refractivity contribution in [2.45, 2.75) is 18.4 Å². The third kappa shape index (κ3) is 4.03. The molecule has 0 aliphatic carbocycles. The lowest BCUT2D eigenvalue weighted by Crippen LogP contribution is -2.06. The van der Waals surface area contributed by atoms with Gasteiger partial charge in [-0.05, 0) is 36.1 Å². The summed E-state index contributed by atoms with van der Waals surface area (Å²) in [6, 6.07) is 16.1. The summed E-state index contributed by atoms with van der Waals surface area (Å²) in [5.74, 6) is -0.0511. The molecule has 104 valence electrons. The minimum Gasteiger partial charge on any atom is -0.380 e. The van der Waals surface area contributed by atoms with Crippen molar-refractivity contribution in [1.29, 1.82) is 0 Å². The number of rotatable bonds is 5. The second-order valence-electron chi connectivity index (χ2n) is 4.43. The Bertz CT molecular complexity index is 581. The zero-order valence-electron chi connectivity index (χ0n) is 11.6. The van der Waals surface area contributed by atoms with Gasteiger partial charge in [-0.1, -0.05) is 24.3 Å². The van der Waals surface area contributed by atoms with Gasteiger partial charge < -0.3 is 10.6 Å². The molecule has 0 saturated heterocycles. The number of carbonyl (C=O) groups is 1. The molecule has 0 fully saturated rings. The number of hydrogen-bond donors (Lipinski definition) is 2. The van der Waals surface area contributed by atoms with E-state index in [-0.39, 0.29) is 5.91 Å². The zero-order chi connectivity index (χ0) is 14.4. The summed E-state index contributed by atoms with van der Waals surface area (Å²) in [5, 5.41) is 6.19. The molecule has 0 bridgehead atoms. The molecule has 3 nitrogen and oxygen atoms in total. The third-order valence-corrected chi connectivity index (χ3v) is 3.66. The molecule has 2 N–H and O–H groups in total. The van der Waals surface area contributed by atoms with Gasteiger partial charge >= 0.3 is 0 Å². The van der Waals surface area contributed by atoms with E-state index in [4.69, 9.17) is 0 Å². The quantitative estimate of drug-likeness (QED) is 0.817. The second-order valence-corrected chi connectivity index (χ2v) is 5.28. The predicted octanol–water partition coefficient (Wildman–Crippen LogP) is 3.98. The Morgan fingerprint density at radius 2 is 1.80 bits per heavy atom. The van der Waals surface area contributed by atoms with Crippen LogP contribution in [0.2, 0.25) is 0 Å². The van der Waals surface area contributed by atoms with E-state index in [0.717, 1.165) is 17.9 Å². The average molecular weight is 286 g/mol. The normalized spacial score (nSPS) is 10.1. The summed E-state index contributed by atoms with van der Waals surface area (Å²) in [6.07, 6.45) is 2.07. The third-order valence-electron chi connectivity index (χ3n) is 2.86. The van der Waals surface area contributed by atoms with E-state index < -0.39 is 0 Å². The van der Waals surface area contributed by atoms with Crippen LogP contribution in [0.3, 0.4) is 0 Å². The molecule has 4 heteroatoms. The Hall–Kier alpha value is -1.94. The van der Waals surface area contributed by atoms with Crippen LogP contribution in [0.25, 0.3) is 0 Å². The number of amides is 1. The Labute approximate surface area is 123 Å².